The average molecular weight is 399 g/mol. The molecule has 3 rings (SSSR count). The van der Waals surface area contributed by atoms with Crippen molar-refractivity contribution in [2.24, 2.45) is 0 Å². The lowest BCUT2D eigenvalue weighted by Gasteiger charge is -2.36. The number of rotatable bonds is 4. The summed E-state index contributed by atoms with van der Waals surface area (Å²) in [7, 11) is -1.86. The predicted molar refractivity (Wildman–Crippen MR) is 115 cm³/mol. The number of aromatic nitrogens is 2. The SMILES string of the molecule is CC1(C)C=C(n2ccc(CO[Si](C)(C)C(C)(C)C)cc2=O)c2cnccc2O1. The van der Waals surface area contributed by atoms with Crippen LogP contribution in [0.1, 0.15) is 45.7 Å². The van der Waals surface area contributed by atoms with Gasteiger partial charge in [-0.05, 0) is 55.8 Å². The standard InChI is InChI=1S/C22H30N2O3Si/c1-21(2,3)28(6,7)26-15-16-9-11-24(20(25)12-16)18-13-22(4,5)27-19-8-10-23-14-17(18)19/h8-14H,15H2,1-7H3. The Morgan fingerprint density at radius 3 is 2.61 bits per heavy atom. The van der Waals surface area contributed by atoms with Crippen LogP contribution in [0.4, 0.5) is 0 Å². The van der Waals surface area contributed by atoms with Gasteiger partial charge < -0.3 is 9.16 Å². The smallest absolute Gasteiger partial charge is 0.255 e. The van der Waals surface area contributed by atoms with Crippen LogP contribution in [-0.4, -0.2) is 23.5 Å². The molecule has 3 heterocycles. The Morgan fingerprint density at radius 2 is 1.96 bits per heavy atom. The first-order chi connectivity index (χ1) is 12.9. The van der Waals surface area contributed by atoms with Gasteiger partial charge in [-0.15, -0.1) is 0 Å². The number of nitrogens with zero attached hydrogens (tertiary/aromatic N) is 2. The topological polar surface area (TPSA) is 53.4 Å². The molecule has 0 unspecified atom stereocenters. The Morgan fingerprint density at radius 1 is 1.25 bits per heavy atom. The number of ether oxygens (including phenoxy) is 1. The van der Waals surface area contributed by atoms with E-state index in [0.717, 1.165) is 22.6 Å². The van der Waals surface area contributed by atoms with Gasteiger partial charge in [-0.1, -0.05) is 20.8 Å². The van der Waals surface area contributed by atoms with E-state index >= 15 is 0 Å². The number of hydrogen-bond donors (Lipinski definition) is 0. The van der Waals surface area contributed by atoms with Crippen LogP contribution in [-0.2, 0) is 11.0 Å². The van der Waals surface area contributed by atoms with Gasteiger partial charge in [0.1, 0.15) is 11.4 Å². The average Bonchev–Trinajstić information content (AvgIpc) is 2.57. The molecule has 28 heavy (non-hydrogen) atoms. The van der Waals surface area contributed by atoms with Crippen molar-refractivity contribution in [3.63, 3.8) is 0 Å². The van der Waals surface area contributed by atoms with Gasteiger partial charge in [0.2, 0.25) is 0 Å². The first-order valence-corrected chi connectivity index (χ1v) is 12.5. The minimum atomic E-state index is -1.86. The van der Waals surface area contributed by atoms with Crippen molar-refractivity contribution >= 4 is 14.0 Å². The van der Waals surface area contributed by atoms with E-state index in [0.29, 0.717) is 6.61 Å². The highest BCUT2D eigenvalue weighted by molar-refractivity contribution is 6.74. The Kier molecular flexibility index (Phi) is 5.14. The molecule has 0 spiro atoms. The summed E-state index contributed by atoms with van der Waals surface area (Å²) in [5, 5.41) is 0.136. The van der Waals surface area contributed by atoms with Crippen LogP contribution in [0, 0.1) is 0 Å². The van der Waals surface area contributed by atoms with Gasteiger partial charge in [-0.25, -0.2) is 0 Å². The van der Waals surface area contributed by atoms with E-state index in [9.17, 15) is 4.79 Å². The second-order valence-corrected chi connectivity index (χ2v) is 14.2. The van der Waals surface area contributed by atoms with Crippen LogP contribution in [0.25, 0.3) is 5.70 Å². The van der Waals surface area contributed by atoms with Crippen LogP contribution < -0.4 is 10.3 Å². The lowest BCUT2D eigenvalue weighted by atomic mass is 10.0. The molecule has 0 aliphatic carbocycles. The van der Waals surface area contributed by atoms with E-state index in [1.807, 2.05) is 38.3 Å². The molecule has 0 N–H and O–H groups in total. The molecule has 1 aliphatic rings. The monoisotopic (exact) mass is 398 g/mol. The van der Waals surface area contributed by atoms with Gasteiger partial charge in [0.05, 0.1) is 17.9 Å². The molecular formula is C22H30N2O3Si. The summed E-state index contributed by atoms with van der Waals surface area (Å²) in [6.45, 7) is 15.5. The molecule has 2 aromatic heterocycles. The van der Waals surface area contributed by atoms with E-state index in [4.69, 9.17) is 9.16 Å². The lowest BCUT2D eigenvalue weighted by molar-refractivity contribution is 0.157. The fourth-order valence-electron chi connectivity index (χ4n) is 2.87. The van der Waals surface area contributed by atoms with E-state index in [1.54, 1.807) is 23.0 Å². The van der Waals surface area contributed by atoms with Crippen molar-refractivity contribution in [1.82, 2.24) is 9.55 Å². The molecule has 0 atom stereocenters. The van der Waals surface area contributed by atoms with Crippen LogP contribution in [0.5, 0.6) is 5.75 Å². The van der Waals surface area contributed by atoms with Crippen molar-refractivity contribution < 1.29 is 9.16 Å². The molecule has 150 valence electrons. The van der Waals surface area contributed by atoms with E-state index in [1.165, 1.54) is 0 Å². The Bertz CT molecular complexity index is 968. The fourth-order valence-corrected chi connectivity index (χ4v) is 3.83. The van der Waals surface area contributed by atoms with Crippen LogP contribution >= 0.6 is 0 Å². The first kappa shape index (κ1) is 20.5. The molecular weight excluding hydrogens is 368 g/mol. The highest BCUT2D eigenvalue weighted by atomic mass is 28.4. The highest BCUT2D eigenvalue weighted by Crippen LogP contribution is 2.37. The van der Waals surface area contributed by atoms with Crippen LogP contribution in [0.15, 0.2) is 47.7 Å². The van der Waals surface area contributed by atoms with Gasteiger partial charge in [0, 0.05) is 24.7 Å². The molecule has 0 radical (unpaired) electrons. The zero-order valence-corrected chi connectivity index (χ0v) is 18.9. The molecule has 0 saturated carbocycles. The molecule has 6 heteroatoms. The molecule has 0 amide bonds. The maximum absolute atomic E-state index is 12.9. The van der Waals surface area contributed by atoms with Crippen molar-refractivity contribution in [3.8, 4) is 5.75 Å². The Hall–Kier alpha value is -2.18. The van der Waals surface area contributed by atoms with Gasteiger partial charge >= 0.3 is 0 Å². The summed E-state index contributed by atoms with van der Waals surface area (Å²) in [5.74, 6) is 0.731. The van der Waals surface area contributed by atoms with Crippen molar-refractivity contribution in [2.75, 3.05) is 0 Å². The Labute approximate surface area is 168 Å². The van der Waals surface area contributed by atoms with Crippen molar-refractivity contribution in [3.05, 3.63) is 64.3 Å². The third kappa shape index (κ3) is 4.13. The molecule has 0 aromatic carbocycles. The van der Waals surface area contributed by atoms with Gasteiger partial charge in [-0.2, -0.15) is 0 Å². The summed E-state index contributed by atoms with van der Waals surface area (Å²) >= 11 is 0. The molecule has 0 saturated heterocycles. The van der Waals surface area contributed by atoms with E-state index in [-0.39, 0.29) is 10.6 Å². The van der Waals surface area contributed by atoms with Gasteiger partial charge in [0.15, 0.2) is 8.32 Å². The highest BCUT2D eigenvalue weighted by Gasteiger charge is 2.37. The summed E-state index contributed by atoms with van der Waals surface area (Å²) in [6.07, 6.45) is 7.21. The molecule has 0 bridgehead atoms. The second-order valence-electron chi connectivity index (χ2n) is 9.40. The van der Waals surface area contributed by atoms with Crippen LogP contribution in [0.3, 0.4) is 0 Å². The minimum absolute atomic E-state index is 0.0879. The minimum Gasteiger partial charge on any atom is -0.483 e. The number of hydrogen-bond acceptors (Lipinski definition) is 4. The van der Waals surface area contributed by atoms with Crippen molar-refractivity contribution in [2.45, 2.75) is 65.0 Å². The molecule has 5 nitrogen and oxygen atoms in total. The molecule has 0 fully saturated rings. The maximum Gasteiger partial charge on any atom is 0.255 e. The third-order valence-corrected chi connectivity index (χ3v) is 10.0. The summed E-state index contributed by atoms with van der Waals surface area (Å²) in [6, 6.07) is 5.44. The summed E-state index contributed by atoms with van der Waals surface area (Å²) in [4.78, 5) is 17.1. The zero-order valence-electron chi connectivity index (χ0n) is 17.9. The molecule has 2 aromatic rings. The number of fused-ring (bicyclic) bond motifs is 1. The zero-order chi connectivity index (χ0) is 20.7. The predicted octanol–water partition coefficient (Wildman–Crippen LogP) is 4.83. The quantitative estimate of drug-likeness (QED) is 0.693. The van der Waals surface area contributed by atoms with E-state index < -0.39 is 13.9 Å². The molecule has 1 aliphatic heterocycles. The second kappa shape index (κ2) is 7.01. The third-order valence-electron chi connectivity index (χ3n) is 5.56. The maximum atomic E-state index is 12.9. The normalized spacial score (nSPS) is 16.2. The largest absolute Gasteiger partial charge is 0.483 e. The van der Waals surface area contributed by atoms with Crippen molar-refractivity contribution in [1.29, 1.82) is 0 Å². The van der Waals surface area contributed by atoms with Gasteiger partial charge in [-0.3, -0.25) is 14.3 Å². The van der Waals surface area contributed by atoms with E-state index in [2.05, 4.69) is 38.8 Å². The van der Waals surface area contributed by atoms with Crippen LogP contribution in [0.2, 0.25) is 18.1 Å². The number of pyridine rings is 2. The van der Waals surface area contributed by atoms with Gasteiger partial charge in [0.25, 0.3) is 5.56 Å². The summed E-state index contributed by atoms with van der Waals surface area (Å²) < 4.78 is 13.9. The lowest BCUT2D eigenvalue weighted by Crippen LogP contribution is -2.40. The Balaban J connectivity index is 1.91. The summed E-state index contributed by atoms with van der Waals surface area (Å²) in [5.41, 5.74) is 1.91. The first-order valence-electron chi connectivity index (χ1n) is 9.62. The fraction of sp³-hybridized carbons (Fsp3) is 0.455.